The van der Waals surface area contributed by atoms with Gasteiger partial charge in [0.2, 0.25) is 0 Å². The Kier molecular flexibility index (Phi) is 2.24. The van der Waals surface area contributed by atoms with Crippen molar-refractivity contribution in [2.45, 2.75) is 13.0 Å². The fraction of sp³-hybridized carbons (Fsp3) is 0.429. The van der Waals surface area contributed by atoms with Gasteiger partial charge < -0.3 is 5.32 Å². The predicted octanol–water partition coefficient (Wildman–Crippen LogP) is 0.278. The Balaban J connectivity index is 2.71. The summed E-state index contributed by atoms with van der Waals surface area (Å²) in [5, 5.41) is 3.36. The van der Waals surface area contributed by atoms with Crippen molar-refractivity contribution in [2.24, 2.45) is 0 Å². The van der Waals surface area contributed by atoms with Crippen LogP contribution in [0.25, 0.3) is 0 Å². The van der Waals surface area contributed by atoms with Crippen molar-refractivity contribution in [1.29, 1.82) is 0 Å². The number of carbonyl (C=O) groups excluding carboxylic acids is 1. The van der Waals surface area contributed by atoms with Crippen LogP contribution in [0.2, 0.25) is 0 Å². The molecular formula is C7H10N2OS. The average molecular weight is 170 g/mol. The van der Waals surface area contributed by atoms with Gasteiger partial charge in [-0.1, -0.05) is 6.08 Å². The summed E-state index contributed by atoms with van der Waals surface area (Å²) in [4.78, 5) is 12.7. The Bertz CT molecular complexity index is 214. The van der Waals surface area contributed by atoms with Crippen molar-refractivity contribution < 1.29 is 4.79 Å². The minimum absolute atomic E-state index is 0.0231. The Labute approximate surface area is 71.1 Å². The largest absolute Gasteiger partial charge is 0.351 e. The van der Waals surface area contributed by atoms with Crippen LogP contribution in [0.5, 0.6) is 0 Å². The molecule has 0 saturated carbocycles. The van der Waals surface area contributed by atoms with Crippen LogP contribution in [0.15, 0.2) is 12.7 Å². The summed E-state index contributed by atoms with van der Waals surface area (Å²) in [6.45, 7) is 5.82. The first-order chi connectivity index (χ1) is 5.16. The van der Waals surface area contributed by atoms with E-state index >= 15 is 0 Å². The second kappa shape index (κ2) is 3.00. The Hall–Kier alpha value is -0.900. The second-order valence-electron chi connectivity index (χ2n) is 2.41. The van der Waals surface area contributed by atoms with Gasteiger partial charge in [-0.05, 0) is 19.1 Å². The molecule has 0 aromatic carbocycles. The van der Waals surface area contributed by atoms with Crippen molar-refractivity contribution in [3.05, 3.63) is 12.7 Å². The molecule has 1 unspecified atom stereocenters. The number of thiocarbonyl (C=S) groups is 1. The van der Waals surface area contributed by atoms with Gasteiger partial charge in [0, 0.05) is 6.54 Å². The van der Waals surface area contributed by atoms with Crippen molar-refractivity contribution in [1.82, 2.24) is 10.2 Å². The van der Waals surface area contributed by atoms with Crippen molar-refractivity contribution in [3.63, 3.8) is 0 Å². The molecule has 60 valence electrons. The highest BCUT2D eigenvalue weighted by molar-refractivity contribution is 7.80. The molecule has 0 aromatic heterocycles. The molecule has 0 bridgehead atoms. The molecule has 3 nitrogen and oxygen atoms in total. The lowest BCUT2D eigenvalue weighted by Gasteiger charge is -2.10. The molecule has 1 fully saturated rings. The van der Waals surface area contributed by atoms with Crippen LogP contribution >= 0.6 is 12.2 Å². The third-order valence-electron chi connectivity index (χ3n) is 1.53. The molecule has 4 heteroatoms. The molecular weight excluding hydrogens is 160 g/mol. The van der Waals surface area contributed by atoms with E-state index < -0.39 is 0 Å². The molecule has 1 aliphatic heterocycles. The van der Waals surface area contributed by atoms with Gasteiger partial charge in [0.1, 0.15) is 6.04 Å². The normalized spacial score (nSPS) is 23.7. The number of nitrogens with zero attached hydrogens (tertiary/aromatic N) is 1. The van der Waals surface area contributed by atoms with Gasteiger partial charge in [-0.15, -0.1) is 6.58 Å². The van der Waals surface area contributed by atoms with E-state index in [2.05, 4.69) is 11.9 Å². The number of carbonyl (C=O) groups is 1. The molecule has 1 amide bonds. The Morgan fingerprint density at radius 3 is 2.91 bits per heavy atom. The second-order valence-corrected chi connectivity index (χ2v) is 2.80. The number of amides is 1. The van der Waals surface area contributed by atoms with E-state index in [1.54, 1.807) is 13.0 Å². The highest BCUT2D eigenvalue weighted by Crippen LogP contribution is 2.04. The molecule has 0 aliphatic carbocycles. The maximum Gasteiger partial charge on any atom is 0.251 e. The number of nitrogens with one attached hydrogen (secondary N) is 1. The van der Waals surface area contributed by atoms with E-state index in [-0.39, 0.29) is 11.9 Å². The van der Waals surface area contributed by atoms with E-state index in [9.17, 15) is 4.79 Å². The summed E-state index contributed by atoms with van der Waals surface area (Å²) in [5.41, 5.74) is 0. The SMILES string of the molecule is C=CCN1C(=O)C(C)NC1=S. The highest BCUT2D eigenvalue weighted by Gasteiger charge is 2.30. The fourth-order valence-electron chi connectivity index (χ4n) is 0.961. The molecule has 0 radical (unpaired) electrons. The first kappa shape index (κ1) is 8.20. The van der Waals surface area contributed by atoms with E-state index in [0.717, 1.165) is 0 Å². The van der Waals surface area contributed by atoms with Crippen LogP contribution in [-0.2, 0) is 4.79 Å². The third kappa shape index (κ3) is 1.40. The lowest BCUT2D eigenvalue weighted by molar-refractivity contribution is -0.126. The van der Waals surface area contributed by atoms with Gasteiger partial charge in [0.15, 0.2) is 5.11 Å². The van der Waals surface area contributed by atoms with Crippen LogP contribution in [0.4, 0.5) is 0 Å². The molecule has 1 atom stereocenters. The highest BCUT2D eigenvalue weighted by atomic mass is 32.1. The number of hydrogen-bond acceptors (Lipinski definition) is 2. The molecule has 1 aliphatic rings. The standard InChI is InChI=1S/C7H10N2OS/c1-3-4-9-6(10)5(2)8-7(9)11/h3,5H,1,4H2,2H3,(H,8,11). The van der Waals surface area contributed by atoms with Crippen LogP contribution in [0.3, 0.4) is 0 Å². The van der Waals surface area contributed by atoms with E-state index in [0.29, 0.717) is 11.7 Å². The zero-order chi connectivity index (χ0) is 8.43. The van der Waals surface area contributed by atoms with Crippen molar-refractivity contribution >= 4 is 23.2 Å². The van der Waals surface area contributed by atoms with Gasteiger partial charge in [0.25, 0.3) is 5.91 Å². The maximum atomic E-state index is 11.2. The van der Waals surface area contributed by atoms with Crippen LogP contribution < -0.4 is 5.32 Å². The molecule has 1 N–H and O–H groups in total. The first-order valence-electron chi connectivity index (χ1n) is 3.39. The lowest BCUT2D eigenvalue weighted by Crippen LogP contribution is -2.30. The van der Waals surface area contributed by atoms with E-state index in [4.69, 9.17) is 12.2 Å². The number of hydrogen-bond donors (Lipinski definition) is 1. The van der Waals surface area contributed by atoms with Gasteiger partial charge in [-0.3, -0.25) is 9.69 Å². The van der Waals surface area contributed by atoms with Crippen LogP contribution in [0.1, 0.15) is 6.92 Å². The monoisotopic (exact) mass is 170 g/mol. The minimum Gasteiger partial charge on any atom is -0.351 e. The summed E-state index contributed by atoms with van der Waals surface area (Å²) in [6.07, 6.45) is 1.66. The third-order valence-corrected chi connectivity index (χ3v) is 1.87. The Morgan fingerprint density at radius 2 is 2.55 bits per heavy atom. The van der Waals surface area contributed by atoms with E-state index in [1.165, 1.54) is 4.90 Å². The molecule has 1 saturated heterocycles. The summed E-state index contributed by atoms with van der Waals surface area (Å²) >= 11 is 4.91. The summed E-state index contributed by atoms with van der Waals surface area (Å²) in [6, 6.07) is -0.178. The molecule has 0 aromatic rings. The van der Waals surface area contributed by atoms with Gasteiger partial charge in [-0.2, -0.15) is 0 Å². The van der Waals surface area contributed by atoms with Gasteiger partial charge in [-0.25, -0.2) is 0 Å². The average Bonchev–Trinajstić information content (AvgIpc) is 2.17. The quantitative estimate of drug-likeness (QED) is 0.477. The van der Waals surface area contributed by atoms with Crippen molar-refractivity contribution in [3.8, 4) is 0 Å². The Morgan fingerprint density at radius 1 is 1.91 bits per heavy atom. The zero-order valence-electron chi connectivity index (χ0n) is 6.33. The molecule has 1 rings (SSSR count). The molecule has 0 spiro atoms. The van der Waals surface area contributed by atoms with Gasteiger partial charge >= 0.3 is 0 Å². The van der Waals surface area contributed by atoms with Crippen molar-refractivity contribution in [2.75, 3.05) is 6.54 Å². The molecule has 11 heavy (non-hydrogen) atoms. The first-order valence-corrected chi connectivity index (χ1v) is 3.80. The summed E-state index contributed by atoms with van der Waals surface area (Å²) in [5.74, 6) is 0.0231. The minimum atomic E-state index is -0.178. The topological polar surface area (TPSA) is 32.3 Å². The smallest absolute Gasteiger partial charge is 0.251 e. The predicted molar refractivity (Wildman–Crippen MR) is 47.1 cm³/mol. The lowest BCUT2D eigenvalue weighted by atomic mass is 10.3. The van der Waals surface area contributed by atoms with Crippen LogP contribution in [-0.4, -0.2) is 28.5 Å². The fourth-order valence-corrected chi connectivity index (χ4v) is 1.30. The maximum absolute atomic E-state index is 11.2. The summed E-state index contributed by atoms with van der Waals surface area (Å²) in [7, 11) is 0. The zero-order valence-corrected chi connectivity index (χ0v) is 7.15. The number of rotatable bonds is 2. The summed E-state index contributed by atoms with van der Waals surface area (Å²) < 4.78 is 0. The van der Waals surface area contributed by atoms with E-state index in [1.807, 2.05) is 0 Å². The molecule has 1 heterocycles. The van der Waals surface area contributed by atoms with Gasteiger partial charge in [0.05, 0.1) is 0 Å². The van der Waals surface area contributed by atoms with Crippen LogP contribution in [0, 0.1) is 0 Å².